The van der Waals surface area contributed by atoms with E-state index < -0.39 is 5.82 Å². The molecule has 0 aromatic heterocycles. The van der Waals surface area contributed by atoms with Crippen molar-refractivity contribution in [2.45, 2.75) is 25.8 Å². The average Bonchev–Trinajstić information content (AvgIpc) is 2.41. The second kappa shape index (κ2) is 5.84. The predicted molar refractivity (Wildman–Crippen MR) is 79.0 cm³/mol. The molecule has 1 aromatic rings. The van der Waals surface area contributed by atoms with E-state index in [1.807, 2.05) is 0 Å². The van der Waals surface area contributed by atoms with Crippen molar-refractivity contribution >= 4 is 28.7 Å². The third-order valence-electron chi connectivity index (χ3n) is 3.57. The van der Waals surface area contributed by atoms with Gasteiger partial charge in [-0.1, -0.05) is 18.5 Å². The van der Waals surface area contributed by atoms with Crippen LogP contribution >= 0.6 is 11.6 Å². The maximum atomic E-state index is 14.1. The molecule has 1 aliphatic heterocycles. The molecule has 1 fully saturated rings. The maximum Gasteiger partial charge on any atom is 0.169 e. The lowest BCUT2D eigenvalue weighted by molar-refractivity contribution is 0.226. The molecule has 1 unspecified atom stereocenters. The molecule has 4 nitrogen and oxygen atoms in total. The molecule has 0 aliphatic carbocycles. The Morgan fingerprint density at radius 2 is 2.21 bits per heavy atom. The standard InChI is InChI=1S/C13H20ClFN4/c1-2-19-5-3-4-8(7-19)18-13-10(17)6-9(16)11(14)12(13)15/h6,8,18H,2-5,7,16-17H2,1H3. The highest BCUT2D eigenvalue weighted by Gasteiger charge is 2.22. The molecule has 1 saturated heterocycles. The Labute approximate surface area is 117 Å². The van der Waals surface area contributed by atoms with Gasteiger partial charge in [-0.2, -0.15) is 0 Å². The van der Waals surface area contributed by atoms with Gasteiger partial charge in [0.1, 0.15) is 5.02 Å². The number of halogens is 2. The van der Waals surface area contributed by atoms with E-state index in [-0.39, 0.29) is 22.4 Å². The quantitative estimate of drug-likeness (QED) is 0.747. The van der Waals surface area contributed by atoms with Gasteiger partial charge in [0, 0.05) is 12.6 Å². The largest absolute Gasteiger partial charge is 0.397 e. The molecule has 19 heavy (non-hydrogen) atoms. The summed E-state index contributed by atoms with van der Waals surface area (Å²) in [5.41, 5.74) is 12.1. The van der Waals surface area contributed by atoms with Crippen LogP contribution in [-0.4, -0.2) is 30.6 Å². The average molecular weight is 287 g/mol. The summed E-state index contributed by atoms with van der Waals surface area (Å²) in [6, 6.07) is 1.68. The number of nitrogen functional groups attached to an aromatic ring is 2. The number of nitrogens with zero attached hydrogens (tertiary/aromatic N) is 1. The monoisotopic (exact) mass is 286 g/mol. The minimum Gasteiger partial charge on any atom is -0.397 e. The van der Waals surface area contributed by atoms with Crippen LogP contribution in [0.4, 0.5) is 21.5 Å². The van der Waals surface area contributed by atoms with Gasteiger partial charge in [-0.15, -0.1) is 0 Å². The van der Waals surface area contributed by atoms with Gasteiger partial charge in [0.25, 0.3) is 0 Å². The lowest BCUT2D eigenvalue weighted by Crippen LogP contribution is -2.42. The number of hydrogen-bond donors (Lipinski definition) is 3. The van der Waals surface area contributed by atoms with Gasteiger partial charge in [-0.25, -0.2) is 4.39 Å². The first-order chi connectivity index (χ1) is 9.02. The van der Waals surface area contributed by atoms with E-state index >= 15 is 0 Å². The number of nitrogens with one attached hydrogen (secondary N) is 1. The molecule has 2 rings (SSSR count). The first kappa shape index (κ1) is 14.2. The Hall–Kier alpha value is -1.20. The highest BCUT2D eigenvalue weighted by atomic mass is 35.5. The van der Waals surface area contributed by atoms with E-state index in [0.29, 0.717) is 5.69 Å². The van der Waals surface area contributed by atoms with E-state index in [4.69, 9.17) is 23.1 Å². The zero-order valence-corrected chi connectivity index (χ0v) is 11.8. The van der Waals surface area contributed by atoms with Crippen molar-refractivity contribution in [3.05, 3.63) is 16.9 Å². The minimum absolute atomic E-state index is 0.0696. The maximum absolute atomic E-state index is 14.1. The fourth-order valence-electron chi connectivity index (χ4n) is 2.48. The van der Waals surface area contributed by atoms with Crippen LogP contribution in [0.2, 0.25) is 5.02 Å². The van der Waals surface area contributed by atoms with E-state index in [9.17, 15) is 4.39 Å². The molecule has 0 bridgehead atoms. The summed E-state index contributed by atoms with van der Waals surface area (Å²) in [4.78, 5) is 2.33. The second-order valence-electron chi connectivity index (χ2n) is 4.93. The molecule has 5 N–H and O–H groups in total. The third-order valence-corrected chi connectivity index (χ3v) is 3.95. The summed E-state index contributed by atoms with van der Waals surface area (Å²) >= 11 is 5.82. The van der Waals surface area contributed by atoms with Crippen LogP contribution in [0.25, 0.3) is 0 Å². The van der Waals surface area contributed by atoms with Crippen LogP contribution in [0.1, 0.15) is 19.8 Å². The Morgan fingerprint density at radius 3 is 2.89 bits per heavy atom. The Bertz CT molecular complexity index is 466. The lowest BCUT2D eigenvalue weighted by atomic mass is 10.0. The Kier molecular flexibility index (Phi) is 4.37. The molecule has 1 aliphatic rings. The van der Waals surface area contributed by atoms with E-state index in [1.165, 1.54) is 6.07 Å². The van der Waals surface area contributed by atoms with Crippen molar-refractivity contribution in [3.8, 4) is 0 Å². The summed E-state index contributed by atoms with van der Waals surface area (Å²) < 4.78 is 14.1. The number of hydrogen-bond acceptors (Lipinski definition) is 4. The summed E-state index contributed by atoms with van der Waals surface area (Å²) in [5, 5.41) is 3.10. The summed E-state index contributed by atoms with van der Waals surface area (Å²) in [7, 11) is 0. The fraction of sp³-hybridized carbons (Fsp3) is 0.538. The van der Waals surface area contributed by atoms with Crippen LogP contribution in [0.3, 0.4) is 0 Å². The van der Waals surface area contributed by atoms with Crippen LogP contribution in [0.5, 0.6) is 0 Å². The normalized spacial score (nSPS) is 20.5. The highest BCUT2D eigenvalue weighted by molar-refractivity contribution is 6.33. The van der Waals surface area contributed by atoms with Gasteiger partial charge in [-0.05, 0) is 32.0 Å². The number of piperidine rings is 1. The fourth-order valence-corrected chi connectivity index (χ4v) is 2.63. The molecular formula is C13H20ClFN4. The van der Waals surface area contributed by atoms with Crippen molar-refractivity contribution in [1.29, 1.82) is 0 Å². The van der Waals surface area contributed by atoms with Gasteiger partial charge in [0.05, 0.1) is 17.1 Å². The van der Waals surface area contributed by atoms with Crippen molar-refractivity contribution in [1.82, 2.24) is 4.90 Å². The molecule has 0 spiro atoms. The molecular weight excluding hydrogens is 267 g/mol. The number of nitrogens with two attached hydrogens (primary N) is 2. The van der Waals surface area contributed by atoms with Gasteiger partial charge in [0.2, 0.25) is 0 Å². The van der Waals surface area contributed by atoms with Crippen LogP contribution < -0.4 is 16.8 Å². The van der Waals surface area contributed by atoms with Crippen molar-refractivity contribution in [3.63, 3.8) is 0 Å². The molecule has 1 aromatic carbocycles. The zero-order chi connectivity index (χ0) is 14.0. The molecule has 0 amide bonds. The second-order valence-corrected chi connectivity index (χ2v) is 5.31. The van der Waals surface area contributed by atoms with Gasteiger partial charge in [-0.3, -0.25) is 0 Å². The minimum atomic E-state index is -0.562. The SMILES string of the molecule is CCN1CCCC(Nc2c(N)cc(N)c(Cl)c2F)C1. The van der Waals surface area contributed by atoms with Crippen LogP contribution in [0, 0.1) is 5.82 Å². The topological polar surface area (TPSA) is 67.3 Å². The Morgan fingerprint density at radius 1 is 1.47 bits per heavy atom. The van der Waals surface area contributed by atoms with Crippen LogP contribution in [-0.2, 0) is 0 Å². The smallest absolute Gasteiger partial charge is 0.169 e. The molecule has 1 atom stereocenters. The third kappa shape index (κ3) is 3.04. The summed E-state index contributed by atoms with van der Waals surface area (Å²) in [5.74, 6) is -0.562. The first-order valence-corrected chi connectivity index (χ1v) is 6.92. The summed E-state index contributed by atoms with van der Waals surface area (Å²) in [6.07, 6.45) is 2.09. The van der Waals surface area contributed by atoms with E-state index in [0.717, 1.165) is 32.5 Å². The number of likely N-dealkylation sites (tertiary alicyclic amines) is 1. The zero-order valence-electron chi connectivity index (χ0n) is 11.0. The molecule has 1 heterocycles. The highest BCUT2D eigenvalue weighted by Crippen LogP contribution is 2.34. The summed E-state index contributed by atoms with van der Waals surface area (Å²) in [6.45, 7) is 5.10. The first-order valence-electron chi connectivity index (χ1n) is 6.54. The molecule has 0 saturated carbocycles. The van der Waals surface area contributed by atoms with Crippen molar-refractivity contribution in [2.75, 3.05) is 36.4 Å². The molecule has 6 heteroatoms. The van der Waals surface area contributed by atoms with Crippen molar-refractivity contribution < 1.29 is 4.39 Å². The molecule has 106 valence electrons. The van der Waals surface area contributed by atoms with Crippen molar-refractivity contribution in [2.24, 2.45) is 0 Å². The number of anilines is 3. The Balaban J connectivity index is 2.17. The number of benzene rings is 1. The van der Waals surface area contributed by atoms with Gasteiger partial charge in [0.15, 0.2) is 5.82 Å². The molecule has 0 radical (unpaired) electrons. The van der Waals surface area contributed by atoms with Gasteiger partial charge >= 0.3 is 0 Å². The lowest BCUT2D eigenvalue weighted by Gasteiger charge is -2.33. The van der Waals surface area contributed by atoms with E-state index in [2.05, 4.69) is 17.1 Å². The van der Waals surface area contributed by atoms with E-state index in [1.54, 1.807) is 0 Å². The number of rotatable bonds is 3. The van der Waals surface area contributed by atoms with Crippen LogP contribution in [0.15, 0.2) is 6.07 Å². The number of likely N-dealkylation sites (N-methyl/N-ethyl adjacent to an activating group) is 1. The predicted octanol–water partition coefficient (Wildman–Crippen LogP) is 2.54. The van der Waals surface area contributed by atoms with Gasteiger partial charge < -0.3 is 21.7 Å².